The van der Waals surface area contributed by atoms with Gasteiger partial charge in [0, 0.05) is 0 Å². The molecule has 1 N–H and O–H groups in total. The Hall–Kier alpha value is -2.12. The highest BCUT2D eigenvalue weighted by molar-refractivity contribution is 7.89. The van der Waals surface area contributed by atoms with Gasteiger partial charge < -0.3 is 4.74 Å². The fraction of sp³-hybridized carbons (Fsp3) is 0.467. The third-order valence-corrected chi connectivity index (χ3v) is 4.71. The van der Waals surface area contributed by atoms with Gasteiger partial charge in [0.25, 0.3) is 0 Å². The highest BCUT2D eigenvalue weighted by Gasteiger charge is 2.44. The molecule has 1 aromatic rings. The fourth-order valence-electron chi connectivity index (χ4n) is 1.90. The van der Waals surface area contributed by atoms with Gasteiger partial charge in [-0.3, -0.25) is 4.79 Å². The van der Waals surface area contributed by atoms with Gasteiger partial charge in [-0.25, -0.2) is 8.42 Å². The molecule has 0 spiro atoms. The predicted molar refractivity (Wildman–Crippen MR) is 81.7 cm³/mol. The molecular weight excluding hydrogens is 361 g/mol. The Kier molecular flexibility index (Phi) is 6.96. The van der Waals surface area contributed by atoms with E-state index in [9.17, 15) is 26.4 Å². The van der Waals surface area contributed by atoms with E-state index in [0.717, 1.165) is 17.7 Å². The van der Waals surface area contributed by atoms with Crippen LogP contribution in [0.4, 0.5) is 13.2 Å². The van der Waals surface area contributed by atoms with Gasteiger partial charge in [-0.15, -0.1) is 0 Å². The zero-order valence-electron chi connectivity index (χ0n) is 13.5. The molecule has 138 valence electrons. The summed E-state index contributed by atoms with van der Waals surface area (Å²) in [4.78, 5) is 11.2. The predicted octanol–water partition coefficient (Wildman–Crippen LogP) is 2.30. The van der Waals surface area contributed by atoms with Crippen LogP contribution in [0.3, 0.4) is 0 Å². The Bertz CT molecular complexity index is 740. The number of nitrogens with one attached hydrogen (secondary N) is 1. The van der Waals surface area contributed by atoms with E-state index in [2.05, 4.69) is 4.74 Å². The van der Waals surface area contributed by atoms with Crippen LogP contribution < -0.4 is 4.72 Å². The number of aryl methyl sites for hydroxylation is 1. The molecule has 0 heterocycles. The minimum Gasteiger partial charge on any atom is -0.465 e. The van der Waals surface area contributed by atoms with Crippen molar-refractivity contribution in [1.82, 2.24) is 4.72 Å². The molecule has 2 atom stereocenters. The lowest BCUT2D eigenvalue weighted by Crippen LogP contribution is -2.47. The fourth-order valence-corrected chi connectivity index (χ4v) is 3.14. The van der Waals surface area contributed by atoms with E-state index in [1.807, 2.05) is 0 Å². The van der Waals surface area contributed by atoms with Crippen LogP contribution in [-0.2, 0) is 19.6 Å². The van der Waals surface area contributed by atoms with E-state index in [1.54, 1.807) is 6.92 Å². The summed E-state index contributed by atoms with van der Waals surface area (Å²) in [7, 11) is -4.48. The van der Waals surface area contributed by atoms with Gasteiger partial charge in [0.15, 0.2) is 0 Å². The van der Waals surface area contributed by atoms with E-state index in [1.165, 1.54) is 29.8 Å². The molecular formula is C15H17F3N2O4S. The van der Waals surface area contributed by atoms with E-state index in [4.69, 9.17) is 5.26 Å². The third-order valence-electron chi connectivity index (χ3n) is 3.22. The number of sulfonamides is 1. The first-order valence-corrected chi connectivity index (χ1v) is 8.71. The molecule has 25 heavy (non-hydrogen) atoms. The second-order valence-electron chi connectivity index (χ2n) is 5.20. The van der Waals surface area contributed by atoms with Crippen molar-refractivity contribution in [1.29, 1.82) is 5.26 Å². The quantitative estimate of drug-likeness (QED) is 0.735. The van der Waals surface area contributed by atoms with Crippen LogP contribution in [0.2, 0.25) is 0 Å². The molecule has 0 saturated carbocycles. The van der Waals surface area contributed by atoms with Crippen molar-refractivity contribution in [2.24, 2.45) is 5.92 Å². The summed E-state index contributed by atoms with van der Waals surface area (Å²) >= 11 is 0. The number of benzene rings is 1. The standard InChI is InChI=1S/C15H17F3N2O4S/c1-3-24-14(21)11(9-19)8-13(15(16,17)18)20-25(22,23)12-6-4-10(2)5-7-12/h4-7,11,13,20H,3,8H2,1-2H3. The van der Waals surface area contributed by atoms with E-state index in [-0.39, 0.29) is 11.5 Å². The highest BCUT2D eigenvalue weighted by atomic mass is 32.2. The maximum atomic E-state index is 13.2. The average molecular weight is 378 g/mol. The van der Waals surface area contributed by atoms with Crippen LogP contribution in [0.15, 0.2) is 29.2 Å². The SMILES string of the molecule is CCOC(=O)C(C#N)CC(NS(=O)(=O)c1ccc(C)cc1)C(F)(F)F. The largest absolute Gasteiger partial charge is 0.465 e. The Morgan fingerprint density at radius 1 is 1.32 bits per heavy atom. The van der Waals surface area contributed by atoms with E-state index >= 15 is 0 Å². The lowest BCUT2D eigenvalue weighted by molar-refractivity contribution is -0.159. The molecule has 1 aromatic carbocycles. The van der Waals surface area contributed by atoms with Crippen molar-refractivity contribution in [2.75, 3.05) is 6.61 Å². The van der Waals surface area contributed by atoms with Crippen LogP contribution >= 0.6 is 0 Å². The van der Waals surface area contributed by atoms with Gasteiger partial charge in [-0.1, -0.05) is 17.7 Å². The third kappa shape index (κ3) is 6.03. The molecule has 0 aliphatic carbocycles. The molecule has 0 saturated heterocycles. The molecule has 0 radical (unpaired) electrons. The Morgan fingerprint density at radius 3 is 2.32 bits per heavy atom. The molecule has 10 heteroatoms. The van der Waals surface area contributed by atoms with Crippen LogP contribution in [0.25, 0.3) is 0 Å². The summed E-state index contributed by atoms with van der Waals surface area (Å²) in [6, 6.07) is 4.02. The smallest absolute Gasteiger partial charge is 0.404 e. The zero-order chi connectivity index (χ0) is 19.3. The molecule has 0 fully saturated rings. The number of nitriles is 1. The number of carbonyl (C=O) groups excluding carboxylic acids is 1. The Morgan fingerprint density at radius 2 is 1.88 bits per heavy atom. The summed E-state index contributed by atoms with van der Waals surface area (Å²) in [5.41, 5.74) is 0.734. The number of ether oxygens (including phenoxy) is 1. The molecule has 0 aliphatic rings. The van der Waals surface area contributed by atoms with E-state index < -0.39 is 40.5 Å². The van der Waals surface area contributed by atoms with Gasteiger partial charge in [-0.2, -0.15) is 23.2 Å². The van der Waals surface area contributed by atoms with Gasteiger partial charge in [0.2, 0.25) is 10.0 Å². The van der Waals surface area contributed by atoms with Gasteiger partial charge in [0.1, 0.15) is 12.0 Å². The first kappa shape index (κ1) is 20.9. The monoisotopic (exact) mass is 378 g/mol. The number of hydrogen-bond acceptors (Lipinski definition) is 5. The van der Waals surface area contributed by atoms with Crippen LogP contribution in [0.5, 0.6) is 0 Å². The lowest BCUT2D eigenvalue weighted by atomic mass is 10.0. The topological polar surface area (TPSA) is 96.3 Å². The summed E-state index contributed by atoms with van der Waals surface area (Å²) < 4.78 is 69.9. The number of alkyl halides is 3. The first-order valence-electron chi connectivity index (χ1n) is 7.23. The van der Waals surface area contributed by atoms with E-state index in [0.29, 0.717) is 0 Å². The van der Waals surface area contributed by atoms with Crippen LogP contribution in [0, 0.1) is 24.2 Å². The molecule has 0 aromatic heterocycles. The maximum Gasteiger partial charge on any atom is 0.404 e. The summed E-state index contributed by atoms with van der Waals surface area (Å²) in [6.45, 7) is 3.02. The second-order valence-corrected chi connectivity index (χ2v) is 6.91. The normalized spacial score (nSPS) is 14.4. The van der Waals surface area contributed by atoms with Crippen LogP contribution in [0.1, 0.15) is 18.9 Å². The number of rotatable bonds is 7. The number of esters is 1. The maximum absolute atomic E-state index is 13.2. The van der Waals surface area contributed by atoms with Crippen molar-refractivity contribution in [3.63, 3.8) is 0 Å². The molecule has 1 rings (SSSR count). The number of halogens is 3. The molecule has 0 bridgehead atoms. The summed E-state index contributed by atoms with van der Waals surface area (Å²) in [6.07, 6.45) is -6.07. The zero-order valence-corrected chi connectivity index (χ0v) is 14.3. The van der Waals surface area contributed by atoms with Crippen molar-refractivity contribution in [2.45, 2.75) is 37.4 Å². The lowest BCUT2D eigenvalue weighted by Gasteiger charge is -2.23. The number of carbonyl (C=O) groups is 1. The average Bonchev–Trinajstić information content (AvgIpc) is 2.50. The van der Waals surface area contributed by atoms with Crippen molar-refractivity contribution in [3.8, 4) is 6.07 Å². The van der Waals surface area contributed by atoms with Crippen LogP contribution in [-0.4, -0.2) is 33.2 Å². The number of hydrogen-bond donors (Lipinski definition) is 1. The first-order chi connectivity index (χ1) is 11.5. The minimum atomic E-state index is -4.99. The molecule has 0 aliphatic heterocycles. The summed E-state index contributed by atoms with van der Waals surface area (Å²) in [5, 5.41) is 8.89. The highest BCUT2D eigenvalue weighted by Crippen LogP contribution is 2.27. The summed E-state index contributed by atoms with van der Waals surface area (Å²) in [5.74, 6) is -2.87. The Labute approximate surface area is 143 Å². The minimum absolute atomic E-state index is 0.108. The van der Waals surface area contributed by atoms with Gasteiger partial charge in [-0.05, 0) is 32.4 Å². The van der Waals surface area contributed by atoms with Crippen molar-refractivity contribution >= 4 is 16.0 Å². The van der Waals surface area contributed by atoms with Crippen molar-refractivity contribution < 1.29 is 31.1 Å². The second kappa shape index (κ2) is 8.31. The Balaban J connectivity index is 3.06. The van der Waals surface area contributed by atoms with Gasteiger partial charge in [0.05, 0.1) is 17.6 Å². The molecule has 2 unspecified atom stereocenters. The van der Waals surface area contributed by atoms with Gasteiger partial charge >= 0.3 is 12.1 Å². The van der Waals surface area contributed by atoms with Crippen molar-refractivity contribution in [3.05, 3.63) is 29.8 Å². The number of nitrogens with zero attached hydrogens (tertiary/aromatic N) is 1. The molecule has 6 nitrogen and oxygen atoms in total. The molecule has 0 amide bonds.